The van der Waals surface area contributed by atoms with Gasteiger partial charge in [-0.05, 0) is 17.7 Å². The van der Waals surface area contributed by atoms with Crippen molar-refractivity contribution < 1.29 is 9.21 Å². The maximum absolute atomic E-state index is 12.1. The van der Waals surface area contributed by atoms with Crippen LogP contribution >= 0.6 is 23.1 Å². The first-order chi connectivity index (χ1) is 12.8. The van der Waals surface area contributed by atoms with Gasteiger partial charge in [0.2, 0.25) is 5.91 Å². The van der Waals surface area contributed by atoms with Crippen LogP contribution in [-0.4, -0.2) is 26.8 Å². The molecule has 0 aliphatic carbocycles. The zero-order valence-corrected chi connectivity index (χ0v) is 15.2. The van der Waals surface area contributed by atoms with Crippen molar-refractivity contribution in [1.29, 1.82) is 0 Å². The van der Waals surface area contributed by atoms with Gasteiger partial charge < -0.3 is 4.42 Å². The minimum atomic E-state index is -0.193. The summed E-state index contributed by atoms with van der Waals surface area (Å²) in [6.07, 6.45) is 0.744. The molecule has 0 unspecified atom stereocenters. The number of nitrogens with one attached hydrogen (secondary N) is 1. The lowest BCUT2D eigenvalue weighted by Crippen LogP contribution is -2.14. The summed E-state index contributed by atoms with van der Waals surface area (Å²) in [4.78, 5) is 16.3. The predicted octanol–water partition coefficient (Wildman–Crippen LogP) is 4.00. The van der Waals surface area contributed by atoms with Crippen LogP contribution in [0.3, 0.4) is 0 Å². The van der Waals surface area contributed by atoms with Gasteiger partial charge in [-0.2, -0.15) is 4.98 Å². The molecule has 0 saturated carbocycles. The van der Waals surface area contributed by atoms with E-state index in [2.05, 4.69) is 32.6 Å². The number of rotatable bonds is 6. The zero-order valence-electron chi connectivity index (χ0n) is 13.6. The molecule has 4 aromatic rings. The summed E-state index contributed by atoms with van der Waals surface area (Å²) in [5.74, 6) is 0.0277. The molecular formula is C18H14N4O2S2. The fourth-order valence-electron chi connectivity index (χ4n) is 2.35. The molecule has 0 fully saturated rings. The van der Waals surface area contributed by atoms with Gasteiger partial charge >= 0.3 is 6.01 Å². The molecule has 1 amide bonds. The monoisotopic (exact) mass is 382 g/mol. The van der Waals surface area contributed by atoms with Crippen LogP contribution < -0.4 is 5.32 Å². The van der Waals surface area contributed by atoms with Gasteiger partial charge in [-0.3, -0.25) is 10.1 Å². The van der Waals surface area contributed by atoms with Crippen molar-refractivity contribution >= 4 is 46.1 Å². The largest absolute Gasteiger partial charge is 0.423 e. The summed E-state index contributed by atoms with van der Waals surface area (Å²) < 4.78 is 6.25. The van der Waals surface area contributed by atoms with Crippen molar-refractivity contribution in [3.8, 4) is 0 Å². The SMILES string of the molecule is O=C(CSc1nnc(Cc2ccccc2)s1)Nc1nc2ccccc2o1. The summed E-state index contributed by atoms with van der Waals surface area (Å²) in [5, 5.41) is 11.9. The number of carbonyl (C=O) groups is 1. The lowest BCUT2D eigenvalue weighted by molar-refractivity contribution is -0.113. The molecule has 2 heterocycles. The van der Waals surface area contributed by atoms with Crippen LogP contribution in [0.1, 0.15) is 10.6 Å². The maximum atomic E-state index is 12.1. The first kappa shape index (κ1) is 16.7. The van der Waals surface area contributed by atoms with E-state index < -0.39 is 0 Å². The van der Waals surface area contributed by atoms with Gasteiger partial charge in [-0.1, -0.05) is 65.6 Å². The highest BCUT2D eigenvalue weighted by atomic mass is 32.2. The van der Waals surface area contributed by atoms with Crippen LogP contribution in [0.2, 0.25) is 0 Å². The average molecular weight is 382 g/mol. The molecule has 0 bridgehead atoms. The summed E-state index contributed by atoms with van der Waals surface area (Å²) >= 11 is 2.85. The van der Waals surface area contributed by atoms with E-state index in [9.17, 15) is 4.79 Å². The Morgan fingerprint density at radius 1 is 1.08 bits per heavy atom. The third kappa shape index (κ3) is 4.09. The number of anilines is 1. The molecule has 2 aromatic carbocycles. The second-order valence-electron chi connectivity index (χ2n) is 5.45. The normalized spacial score (nSPS) is 10.9. The second kappa shape index (κ2) is 7.67. The Morgan fingerprint density at radius 2 is 1.88 bits per heavy atom. The van der Waals surface area contributed by atoms with Crippen LogP contribution in [0, 0.1) is 0 Å². The van der Waals surface area contributed by atoms with E-state index >= 15 is 0 Å². The van der Waals surface area contributed by atoms with Crippen molar-refractivity contribution in [2.75, 3.05) is 11.1 Å². The van der Waals surface area contributed by atoms with Gasteiger partial charge in [0.25, 0.3) is 0 Å². The molecule has 0 aliphatic rings. The van der Waals surface area contributed by atoms with Crippen LogP contribution in [0.15, 0.2) is 63.4 Å². The molecule has 8 heteroatoms. The highest BCUT2D eigenvalue weighted by Gasteiger charge is 2.12. The molecule has 0 spiro atoms. The lowest BCUT2D eigenvalue weighted by atomic mass is 10.2. The highest BCUT2D eigenvalue weighted by molar-refractivity contribution is 8.01. The third-order valence-electron chi connectivity index (χ3n) is 3.51. The Balaban J connectivity index is 1.31. The van der Waals surface area contributed by atoms with E-state index in [4.69, 9.17) is 4.42 Å². The number of hydrogen-bond donors (Lipinski definition) is 1. The molecule has 26 heavy (non-hydrogen) atoms. The molecular weight excluding hydrogens is 368 g/mol. The number of hydrogen-bond acceptors (Lipinski definition) is 7. The van der Waals surface area contributed by atoms with Crippen molar-refractivity contribution in [3.63, 3.8) is 0 Å². The smallest absolute Gasteiger partial charge is 0.302 e. The number of carbonyl (C=O) groups excluding carboxylic acids is 1. The quantitative estimate of drug-likeness (QED) is 0.508. The van der Waals surface area contributed by atoms with Crippen LogP contribution in [0.5, 0.6) is 0 Å². The molecule has 1 N–H and O–H groups in total. The van der Waals surface area contributed by atoms with E-state index in [1.165, 1.54) is 28.7 Å². The molecule has 2 aromatic heterocycles. The molecule has 0 atom stereocenters. The Hall–Kier alpha value is -2.71. The second-order valence-corrected chi connectivity index (χ2v) is 7.73. The van der Waals surface area contributed by atoms with E-state index in [-0.39, 0.29) is 17.7 Å². The van der Waals surface area contributed by atoms with Crippen molar-refractivity contribution in [2.45, 2.75) is 10.8 Å². The first-order valence-electron chi connectivity index (χ1n) is 7.91. The van der Waals surface area contributed by atoms with Gasteiger partial charge in [0.1, 0.15) is 10.5 Å². The number of fused-ring (bicyclic) bond motifs is 1. The first-order valence-corrected chi connectivity index (χ1v) is 9.71. The van der Waals surface area contributed by atoms with Gasteiger partial charge in [0.05, 0.1) is 5.75 Å². The number of para-hydroxylation sites is 2. The average Bonchev–Trinajstić information content (AvgIpc) is 3.27. The molecule has 0 aliphatic heterocycles. The van der Waals surface area contributed by atoms with Gasteiger partial charge in [-0.15, -0.1) is 10.2 Å². The van der Waals surface area contributed by atoms with E-state index in [1.54, 1.807) is 0 Å². The molecule has 0 radical (unpaired) electrons. The summed E-state index contributed by atoms with van der Waals surface area (Å²) in [5.41, 5.74) is 2.55. The van der Waals surface area contributed by atoms with Gasteiger partial charge in [0.15, 0.2) is 9.92 Å². The van der Waals surface area contributed by atoms with Crippen LogP contribution in [0.4, 0.5) is 6.01 Å². The zero-order chi connectivity index (χ0) is 17.8. The number of nitrogens with zero attached hydrogens (tertiary/aromatic N) is 3. The summed E-state index contributed by atoms with van der Waals surface area (Å²) in [6.45, 7) is 0. The number of amides is 1. The number of aromatic nitrogens is 3. The molecule has 130 valence electrons. The number of oxazole rings is 1. The lowest BCUT2D eigenvalue weighted by Gasteiger charge is -1.98. The highest BCUT2D eigenvalue weighted by Crippen LogP contribution is 2.24. The van der Waals surface area contributed by atoms with Gasteiger partial charge in [0, 0.05) is 6.42 Å². The molecule has 6 nitrogen and oxygen atoms in total. The minimum absolute atomic E-state index is 0.193. The number of thioether (sulfide) groups is 1. The third-order valence-corrected chi connectivity index (χ3v) is 5.57. The van der Waals surface area contributed by atoms with E-state index in [0.29, 0.717) is 11.1 Å². The summed E-state index contributed by atoms with van der Waals surface area (Å²) in [6, 6.07) is 17.7. The van der Waals surface area contributed by atoms with Crippen molar-refractivity contribution in [3.05, 3.63) is 65.2 Å². The van der Waals surface area contributed by atoms with Gasteiger partial charge in [-0.25, -0.2) is 0 Å². The Morgan fingerprint density at radius 3 is 2.73 bits per heavy atom. The fraction of sp³-hybridized carbons (Fsp3) is 0.111. The van der Waals surface area contributed by atoms with Crippen molar-refractivity contribution in [1.82, 2.24) is 15.2 Å². The Bertz CT molecular complexity index is 997. The van der Waals surface area contributed by atoms with E-state index in [1.807, 2.05) is 42.5 Å². The maximum Gasteiger partial charge on any atom is 0.302 e. The Kier molecular flexibility index (Phi) is 4.94. The predicted molar refractivity (Wildman–Crippen MR) is 103 cm³/mol. The fourth-order valence-corrected chi connectivity index (χ4v) is 4.08. The molecule has 4 rings (SSSR count). The summed E-state index contributed by atoms with van der Waals surface area (Å²) in [7, 11) is 0. The van der Waals surface area contributed by atoms with Crippen molar-refractivity contribution in [2.24, 2.45) is 0 Å². The van der Waals surface area contributed by atoms with E-state index in [0.717, 1.165) is 15.8 Å². The minimum Gasteiger partial charge on any atom is -0.423 e. The topological polar surface area (TPSA) is 80.9 Å². The molecule has 0 saturated heterocycles. The number of benzene rings is 2. The standard InChI is InChI=1S/C18H14N4O2S2/c23-15(20-17-19-13-8-4-5-9-14(13)24-17)11-25-18-22-21-16(26-18)10-12-6-2-1-3-7-12/h1-9H,10-11H2,(H,19,20,23). The Labute approximate surface area is 157 Å². The van der Waals surface area contributed by atoms with Crippen LogP contribution in [-0.2, 0) is 11.2 Å². The van der Waals surface area contributed by atoms with Crippen LogP contribution in [0.25, 0.3) is 11.1 Å².